The number of nitrogens with two attached hydrogens (primary N) is 1. The topological polar surface area (TPSA) is 29.3 Å². The van der Waals surface area contributed by atoms with Gasteiger partial charge in [-0.15, -0.1) is 0 Å². The molecular weight excluding hydrogens is 192 g/mol. The Bertz CT molecular complexity index is 192. The molecule has 14 heavy (non-hydrogen) atoms. The van der Waals surface area contributed by atoms with Gasteiger partial charge in [0.15, 0.2) is 0 Å². The van der Waals surface area contributed by atoms with E-state index in [1.807, 2.05) is 0 Å². The average Bonchev–Trinajstić information content (AvgIpc) is 2.63. The summed E-state index contributed by atoms with van der Waals surface area (Å²) in [7, 11) is 0. The molecule has 1 unspecified atom stereocenters. The van der Waals surface area contributed by atoms with Gasteiger partial charge in [0.1, 0.15) is 0 Å². The van der Waals surface area contributed by atoms with Crippen molar-refractivity contribution in [3.8, 4) is 0 Å². The van der Waals surface area contributed by atoms with Crippen LogP contribution in [0.1, 0.15) is 26.2 Å². The Labute approximate surface area is 91.6 Å². The van der Waals surface area contributed by atoms with Gasteiger partial charge in [0.2, 0.25) is 0 Å². The van der Waals surface area contributed by atoms with E-state index in [1.54, 1.807) is 0 Å². The zero-order chi connectivity index (χ0) is 10.0. The molecule has 2 aliphatic heterocycles. The Balaban J connectivity index is 1.88. The summed E-state index contributed by atoms with van der Waals surface area (Å²) in [5.74, 6) is 2.72. The SMILES string of the molecule is CC1(CN)CCN(C2CCSCC2)C1. The van der Waals surface area contributed by atoms with Crippen LogP contribution in [0.15, 0.2) is 0 Å². The zero-order valence-corrected chi connectivity index (χ0v) is 9.98. The van der Waals surface area contributed by atoms with Gasteiger partial charge in [-0.1, -0.05) is 6.92 Å². The largest absolute Gasteiger partial charge is 0.330 e. The second-order valence-corrected chi connectivity index (χ2v) is 6.30. The van der Waals surface area contributed by atoms with Crippen molar-refractivity contribution in [3.63, 3.8) is 0 Å². The van der Waals surface area contributed by atoms with Crippen LogP contribution in [0, 0.1) is 5.41 Å². The number of hydrogen-bond donors (Lipinski definition) is 1. The average molecular weight is 214 g/mol. The fourth-order valence-electron chi connectivity index (χ4n) is 2.59. The molecule has 0 aromatic heterocycles. The van der Waals surface area contributed by atoms with Crippen LogP contribution in [0.3, 0.4) is 0 Å². The summed E-state index contributed by atoms with van der Waals surface area (Å²) < 4.78 is 0. The van der Waals surface area contributed by atoms with Crippen molar-refractivity contribution in [3.05, 3.63) is 0 Å². The van der Waals surface area contributed by atoms with E-state index in [-0.39, 0.29) is 0 Å². The number of rotatable bonds is 2. The predicted molar refractivity (Wildman–Crippen MR) is 63.7 cm³/mol. The lowest BCUT2D eigenvalue weighted by Crippen LogP contribution is -2.39. The van der Waals surface area contributed by atoms with Crippen LogP contribution >= 0.6 is 11.8 Å². The second-order valence-electron chi connectivity index (χ2n) is 5.08. The van der Waals surface area contributed by atoms with Crippen LogP contribution in [0.2, 0.25) is 0 Å². The van der Waals surface area contributed by atoms with Crippen molar-refractivity contribution < 1.29 is 0 Å². The van der Waals surface area contributed by atoms with Gasteiger partial charge in [-0.3, -0.25) is 4.90 Å². The maximum atomic E-state index is 5.83. The molecule has 0 saturated carbocycles. The predicted octanol–water partition coefficient (Wildman–Crippen LogP) is 1.55. The lowest BCUT2D eigenvalue weighted by Gasteiger charge is -2.32. The first-order valence-corrected chi connectivity index (χ1v) is 6.91. The highest BCUT2D eigenvalue weighted by molar-refractivity contribution is 7.99. The molecule has 2 saturated heterocycles. The minimum atomic E-state index is 0.407. The Hall–Kier alpha value is 0.270. The first kappa shape index (κ1) is 10.8. The minimum Gasteiger partial charge on any atom is -0.330 e. The van der Waals surface area contributed by atoms with E-state index >= 15 is 0 Å². The molecule has 82 valence electrons. The van der Waals surface area contributed by atoms with Gasteiger partial charge in [0, 0.05) is 12.6 Å². The highest BCUT2D eigenvalue weighted by atomic mass is 32.2. The van der Waals surface area contributed by atoms with Gasteiger partial charge in [-0.25, -0.2) is 0 Å². The maximum Gasteiger partial charge on any atom is 0.0111 e. The third kappa shape index (κ3) is 2.26. The Morgan fingerprint density at radius 3 is 2.71 bits per heavy atom. The summed E-state index contributed by atoms with van der Waals surface area (Å²) in [6, 6.07) is 0.865. The third-order valence-corrected chi connectivity index (χ3v) is 4.84. The fraction of sp³-hybridized carbons (Fsp3) is 1.00. The van der Waals surface area contributed by atoms with E-state index in [1.165, 1.54) is 43.9 Å². The normalized spacial score (nSPS) is 36.4. The Morgan fingerprint density at radius 1 is 1.43 bits per heavy atom. The summed E-state index contributed by atoms with van der Waals surface area (Å²) in [6.07, 6.45) is 4.09. The molecule has 3 heteroatoms. The Morgan fingerprint density at radius 2 is 2.14 bits per heavy atom. The van der Waals surface area contributed by atoms with Gasteiger partial charge in [0.25, 0.3) is 0 Å². The molecule has 0 aliphatic carbocycles. The van der Waals surface area contributed by atoms with E-state index in [0.29, 0.717) is 5.41 Å². The Kier molecular flexibility index (Phi) is 3.40. The molecule has 2 fully saturated rings. The van der Waals surface area contributed by atoms with Crippen LogP contribution in [-0.4, -0.2) is 42.1 Å². The van der Waals surface area contributed by atoms with Crippen molar-refractivity contribution >= 4 is 11.8 Å². The fourth-order valence-corrected chi connectivity index (χ4v) is 3.67. The van der Waals surface area contributed by atoms with Crippen molar-refractivity contribution in [1.82, 2.24) is 4.90 Å². The number of thioether (sulfide) groups is 1. The number of likely N-dealkylation sites (tertiary alicyclic amines) is 1. The highest BCUT2D eigenvalue weighted by Crippen LogP contribution is 2.33. The van der Waals surface area contributed by atoms with Crippen molar-refractivity contribution in [2.75, 3.05) is 31.1 Å². The first-order valence-electron chi connectivity index (χ1n) is 5.75. The second kappa shape index (κ2) is 4.42. The third-order valence-electron chi connectivity index (χ3n) is 3.79. The smallest absolute Gasteiger partial charge is 0.0111 e. The molecule has 2 aliphatic rings. The first-order chi connectivity index (χ1) is 6.73. The van der Waals surface area contributed by atoms with E-state index in [9.17, 15) is 0 Å². The molecule has 0 spiro atoms. The van der Waals surface area contributed by atoms with Crippen LogP contribution in [0.4, 0.5) is 0 Å². The molecule has 2 N–H and O–H groups in total. The molecule has 0 aromatic carbocycles. The standard InChI is InChI=1S/C11H22N2S/c1-11(8-12)4-5-13(9-11)10-2-6-14-7-3-10/h10H,2-9,12H2,1H3. The van der Waals surface area contributed by atoms with Crippen molar-refractivity contribution in [2.45, 2.75) is 32.2 Å². The molecule has 2 heterocycles. The van der Waals surface area contributed by atoms with Crippen LogP contribution in [0.25, 0.3) is 0 Å². The molecule has 1 atom stereocenters. The molecule has 0 radical (unpaired) electrons. The van der Waals surface area contributed by atoms with Gasteiger partial charge < -0.3 is 5.73 Å². The molecule has 2 nitrogen and oxygen atoms in total. The number of nitrogens with zero attached hydrogens (tertiary/aromatic N) is 1. The van der Waals surface area contributed by atoms with E-state index in [0.717, 1.165) is 12.6 Å². The van der Waals surface area contributed by atoms with Crippen molar-refractivity contribution in [1.29, 1.82) is 0 Å². The van der Waals surface area contributed by atoms with Gasteiger partial charge in [-0.05, 0) is 49.3 Å². The lowest BCUT2D eigenvalue weighted by molar-refractivity contribution is 0.202. The molecule has 0 bridgehead atoms. The van der Waals surface area contributed by atoms with Crippen LogP contribution in [-0.2, 0) is 0 Å². The number of hydrogen-bond acceptors (Lipinski definition) is 3. The lowest BCUT2D eigenvalue weighted by atomic mass is 9.90. The van der Waals surface area contributed by atoms with Crippen LogP contribution in [0.5, 0.6) is 0 Å². The summed E-state index contributed by atoms with van der Waals surface area (Å²) in [5, 5.41) is 0. The monoisotopic (exact) mass is 214 g/mol. The highest BCUT2D eigenvalue weighted by Gasteiger charge is 2.35. The summed E-state index contributed by atoms with van der Waals surface area (Å²) in [5.41, 5.74) is 6.24. The maximum absolute atomic E-state index is 5.83. The molecular formula is C11H22N2S. The summed E-state index contributed by atoms with van der Waals surface area (Å²) in [4.78, 5) is 2.69. The molecule has 0 aromatic rings. The minimum absolute atomic E-state index is 0.407. The van der Waals surface area contributed by atoms with Gasteiger partial charge in [-0.2, -0.15) is 11.8 Å². The van der Waals surface area contributed by atoms with Gasteiger partial charge in [0.05, 0.1) is 0 Å². The van der Waals surface area contributed by atoms with Crippen LogP contribution < -0.4 is 5.73 Å². The van der Waals surface area contributed by atoms with Gasteiger partial charge >= 0.3 is 0 Å². The van der Waals surface area contributed by atoms with E-state index in [2.05, 4.69) is 23.6 Å². The summed E-state index contributed by atoms with van der Waals surface area (Å²) >= 11 is 2.11. The zero-order valence-electron chi connectivity index (χ0n) is 9.17. The van der Waals surface area contributed by atoms with E-state index < -0.39 is 0 Å². The molecule has 2 rings (SSSR count). The molecule has 0 amide bonds. The quantitative estimate of drug-likeness (QED) is 0.756. The summed E-state index contributed by atoms with van der Waals surface area (Å²) in [6.45, 7) is 5.71. The van der Waals surface area contributed by atoms with E-state index in [4.69, 9.17) is 5.73 Å². The van der Waals surface area contributed by atoms with Crippen molar-refractivity contribution in [2.24, 2.45) is 11.1 Å².